The Bertz CT molecular complexity index is 437. The van der Waals surface area contributed by atoms with Crippen LogP contribution in [-0.2, 0) is 4.79 Å². The van der Waals surface area contributed by atoms with E-state index in [-0.39, 0.29) is 23.6 Å². The molecule has 2 rings (SSSR count). The number of aryl methyl sites for hydroxylation is 1. The minimum Gasteiger partial charge on any atom is -0.505 e. The molecule has 4 N–H and O–H groups in total. The molecule has 1 aliphatic carbocycles. The summed E-state index contributed by atoms with van der Waals surface area (Å²) in [6.07, 6.45) is 3.47. The summed E-state index contributed by atoms with van der Waals surface area (Å²) >= 11 is 0. The third-order valence-electron chi connectivity index (χ3n) is 3.64. The van der Waals surface area contributed by atoms with Gasteiger partial charge in [0.1, 0.15) is 5.75 Å². The summed E-state index contributed by atoms with van der Waals surface area (Å²) in [6, 6.07) is 5.59. The van der Waals surface area contributed by atoms with Gasteiger partial charge in [0, 0.05) is 12.0 Å². The lowest BCUT2D eigenvalue weighted by Crippen LogP contribution is -2.32. The Kier molecular flexibility index (Phi) is 3.87. The molecule has 0 spiro atoms. The fraction of sp³-hybridized carbons (Fsp3) is 0.500. The largest absolute Gasteiger partial charge is 0.505 e. The highest BCUT2D eigenvalue weighted by atomic mass is 16.3. The average Bonchev–Trinajstić information content (AvgIpc) is 2.36. The summed E-state index contributed by atoms with van der Waals surface area (Å²) in [5, 5.41) is 12.7. The van der Waals surface area contributed by atoms with Crippen molar-refractivity contribution < 1.29 is 9.90 Å². The molecule has 1 aromatic carbocycles. The lowest BCUT2D eigenvalue weighted by molar-refractivity contribution is -0.120. The molecular formula is C14H20N2O2. The van der Waals surface area contributed by atoms with Crippen LogP contribution in [0.1, 0.15) is 31.2 Å². The van der Waals surface area contributed by atoms with Crippen molar-refractivity contribution in [3.05, 3.63) is 23.8 Å². The summed E-state index contributed by atoms with van der Waals surface area (Å²) in [4.78, 5) is 12.1. The van der Waals surface area contributed by atoms with E-state index < -0.39 is 0 Å². The van der Waals surface area contributed by atoms with Crippen molar-refractivity contribution >= 4 is 11.6 Å². The standard InChI is InChI=1S/C14H20N2O2/c1-9-3-2-4-12(13(9)17)16-14(18)10-5-7-11(15)8-6-10/h2-4,10-11,17H,5-8,15H2,1H3,(H,16,18). The van der Waals surface area contributed by atoms with Gasteiger partial charge in [-0.05, 0) is 44.2 Å². The van der Waals surface area contributed by atoms with Gasteiger partial charge in [-0.3, -0.25) is 4.79 Å². The van der Waals surface area contributed by atoms with E-state index in [9.17, 15) is 9.90 Å². The van der Waals surface area contributed by atoms with E-state index in [1.165, 1.54) is 0 Å². The highest BCUT2D eigenvalue weighted by Crippen LogP contribution is 2.29. The first-order chi connectivity index (χ1) is 8.58. The van der Waals surface area contributed by atoms with E-state index in [1.807, 2.05) is 19.1 Å². The minimum atomic E-state index is -0.0113. The van der Waals surface area contributed by atoms with Crippen LogP contribution in [-0.4, -0.2) is 17.1 Å². The molecule has 0 aromatic heterocycles. The molecule has 0 unspecified atom stereocenters. The summed E-state index contributed by atoms with van der Waals surface area (Å²) in [7, 11) is 0. The predicted molar refractivity (Wildman–Crippen MR) is 71.4 cm³/mol. The maximum absolute atomic E-state index is 12.1. The number of rotatable bonds is 2. The molecule has 0 radical (unpaired) electrons. The molecule has 1 fully saturated rings. The first kappa shape index (κ1) is 12.9. The van der Waals surface area contributed by atoms with Crippen molar-refractivity contribution in [3.8, 4) is 5.75 Å². The van der Waals surface area contributed by atoms with Crippen LogP contribution >= 0.6 is 0 Å². The van der Waals surface area contributed by atoms with Gasteiger partial charge in [-0.2, -0.15) is 0 Å². The number of amides is 1. The Labute approximate surface area is 107 Å². The molecule has 98 valence electrons. The molecular weight excluding hydrogens is 228 g/mol. The van der Waals surface area contributed by atoms with Gasteiger partial charge in [0.15, 0.2) is 0 Å². The van der Waals surface area contributed by atoms with Crippen LogP contribution in [0.2, 0.25) is 0 Å². The SMILES string of the molecule is Cc1cccc(NC(=O)C2CCC(N)CC2)c1O. The number of carbonyl (C=O) groups excluding carboxylic acids is 1. The summed E-state index contributed by atoms with van der Waals surface area (Å²) in [6.45, 7) is 1.81. The third-order valence-corrected chi connectivity index (χ3v) is 3.64. The van der Waals surface area contributed by atoms with Crippen LogP contribution in [0.3, 0.4) is 0 Å². The molecule has 1 aliphatic rings. The van der Waals surface area contributed by atoms with Crippen LogP contribution in [0.15, 0.2) is 18.2 Å². The maximum atomic E-state index is 12.1. The highest BCUT2D eigenvalue weighted by molar-refractivity contribution is 5.94. The maximum Gasteiger partial charge on any atom is 0.227 e. The second kappa shape index (κ2) is 5.40. The molecule has 1 aromatic rings. The highest BCUT2D eigenvalue weighted by Gasteiger charge is 2.25. The molecule has 1 amide bonds. The van der Waals surface area contributed by atoms with E-state index in [2.05, 4.69) is 5.32 Å². The second-order valence-corrected chi connectivity index (χ2v) is 5.07. The Morgan fingerprint density at radius 3 is 2.67 bits per heavy atom. The monoisotopic (exact) mass is 248 g/mol. The topological polar surface area (TPSA) is 75.4 Å². The Morgan fingerprint density at radius 2 is 2.00 bits per heavy atom. The van der Waals surface area contributed by atoms with Crippen LogP contribution in [0.4, 0.5) is 5.69 Å². The Balaban J connectivity index is 2.01. The molecule has 0 saturated heterocycles. The minimum absolute atomic E-state index is 0.0113. The van der Waals surface area contributed by atoms with Gasteiger partial charge in [-0.25, -0.2) is 0 Å². The quantitative estimate of drug-likeness (QED) is 0.702. The number of phenolic OH excluding ortho intramolecular Hbond substituents is 1. The smallest absolute Gasteiger partial charge is 0.227 e. The molecule has 0 atom stereocenters. The zero-order valence-electron chi connectivity index (χ0n) is 10.6. The molecule has 0 bridgehead atoms. The number of benzene rings is 1. The molecule has 0 heterocycles. The van der Waals surface area contributed by atoms with Crippen molar-refractivity contribution in [3.63, 3.8) is 0 Å². The Hall–Kier alpha value is -1.55. The number of nitrogens with one attached hydrogen (secondary N) is 1. The van der Waals surface area contributed by atoms with Crippen LogP contribution < -0.4 is 11.1 Å². The number of hydrogen-bond donors (Lipinski definition) is 3. The van der Waals surface area contributed by atoms with E-state index >= 15 is 0 Å². The predicted octanol–water partition coefficient (Wildman–Crippen LogP) is 2.16. The van der Waals surface area contributed by atoms with E-state index in [1.54, 1.807) is 6.07 Å². The normalized spacial score (nSPS) is 23.7. The lowest BCUT2D eigenvalue weighted by Gasteiger charge is -2.25. The van der Waals surface area contributed by atoms with Gasteiger partial charge < -0.3 is 16.2 Å². The fourth-order valence-corrected chi connectivity index (χ4v) is 2.38. The first-order valence-corrected chi connectivity index (χ1v) is 6.43. The molecule has 4 nitrogen and oxygen atoms in total. The third kappa shape index (κ3) is 2.82. The molecule has 0 aliphatic heterocycles. The average molecular weight is 248 g/mol. The van der Waals surface area contributed by atoms with Crippen LogP contribution in [0, 0.1) is 12.8 Å². The van der Waals surface area contributed by atoms with Crippen molar-refractivity contribution in [1.82, 2.24) is 0 Å². The molecule has 1 saturated carbocycles. The van der Waals surface area contributed by atoms with Crippen molar-refractivity contribution in [2.75, 3.05) is 5.32 Å². The van der Waals surface area contributed by atoms with Crippen molar-refractivity contribution in [1.29, 1.82) is 0 Å². The zero-order chi connectivity index (χ0) is 13.1. The van der Waals surface area contributed by atoms with Gasteiger partial charge >= 0.3 is 0 Å². The van der Waals surface area contributed by atoms with Gasteiger partial charge in [0.2, 0.25) is 5.91 Å². The van der Waals surface area contributed by atoms with Gasteiger partial charge in [-0.1, -0.05) is 12.1 Å². The van der Waals surface area contributed by atoms with E-state index in [4.69, 9.17) is 5.73 Å². The number of anilines is 1. The van der Waals surface area contributed by atoms with Gasteiger partial charge in [0.25, 0.3) is 0 Å². The second-order valence-electron chi connectivity index (χ2n) is 5.07. The molecule has 4 heteroatoms. The lowest BCUT2D eigenvalue weighted by atomic mass is 9.86. The molecule has 18 heavy (non-hydrogen) atoms. The number of carbonyl (C=O) groups is 1. The van der Waals surface area contributed by atoms with Crippen LogP contribution in [0.5, 0.6) is 5.75 Å². The zero-order valence-corrected chi connectivity index (χ0v) is 10.6. The van der Waals surface area contributed by atoms with E-state index in [0.29, 0.717) is 5.69 Å². The summed E-state index contributed by atoms with van der Waals surface area (Å²) in [5.74, 6) is 0.158. The van der Waals surface area contributed by atoms with Crippen LogP contribution in [0.25, 0.3) is 0 Å². The number of nitrogens with two attached hydrogens (primary N) is 1. The van der Waals surface area contributed by atoms with Gasteiger partial charge in [-0.15, -0.1) is 0 Å². The number of aromatic hydroxyl groups is 1. The summed E-state index contributed by atoms with van der Waals surface area (Å²) < 4.78 is 0. The number of phenols is 1. The Morgan fingerprint density at radius 1 is 1.33 bits per heavy atom. The number of hydrogen-bond acceptors (Lipinski definition) is 3. The number of para-hydroxylation sites is 1. The van der Waals surface area contributed by atoms with Gasteiger partial charge in [0.05, 0.1) is 5.69 Å². The van der Waals surface area contributed by atoms with Crippen molar-refractivity contribution in [2.45, 2.75) is 38.6 Å². The van der Waals surface area contributed by atoms with Crippen molar-refractivity contribution in [2.24, 2.45) is 11.7 Å². The fourth-order valence-electron chi connectivity index (χ4n) is 2.38. The van der Waals surface area contributed by atoms with E-state index in [0.717, 1.165) is 31.2 Å². The summed E-state index contributed by atoms with van der Waals surface area (Å²) in [5.41, 5.74) is 7.08. The first-order valence-electron chi connectivity index (χ1n) is 6.43.